The van der Waals surface area contributed by atoms with Gasteiger partial charge in [0.05, 0.1) is 6.07 Å². The molecule has 0 aromatic rings. The lowest BCUT2D eigenvalue weighted by atomic mass is 9.75. The molecule has 2 saturated carbocycles. The first kappa shape index (κ1) is 10.0. The van der Waals surface area contributed by atoms with E-state index in [1.807, 2.05) is 0 Å². The molecule has 1 spiro atoms. The highest BCUT2D eigenvalue weighted by Gasteiger charge is 2.75. The molecule has 0 aromatic carbocycles. The summed E-state index contributed by atoms with van der Waals surface area (Å²) in [5.41, 5.74) is 1.52. The van der Waals surface area contributed by atoms with E-state index in [0.717, 1.165) is 12.8 Å². The molecule has 0 N–H and O–H groups in total. The molecule has 78 valence electrons. The van der Waals surface area contributed by atoms with Gasteiger partial charge in [-0.25, -0.2) is 0 Å². The second kappa shape index (κ2) is 2.54. The van der Waals surface area contributed by atoms with Crippen LogP contribution < -0.4 is 0 Å². The van der Waals surface area contributed by atoms with Crippen LogP contribution in [0.25, 0.3) is 0 Å². The Balaban J connectivity index is 2.14. The van der Waals surface area contributed by atoms with Crippen LogP contribution in [-0.4, -0.2) is 0 Å². The predicted octanol–water partition coefficient (Wildman–Crippen LogP) is 3.75. The van der Waals surface area contributed by atoms with Crippen LogP contribution in [0.5, 0.6) is 0 Å². The minimum absolute atomic E-state index is 0.341. The van der Waals surface area contributed by atoms with Crippen LogP contribution in [0.4, 0.5) is 0 Å². The van der Waals surface area contributed by atoms with Crippen LogP contribution >= 0.6 is 0 Å². The Morgan fingerprint density at radius 3 is 1.71 bits per heavy atom. The zero-order valence-electron chi connectivity index (χ0n) is 9.85. The first-order chi connectivity index (χ1) is 6.39. The van der Waals surface area contributed by atoms with Crippen molar-refractivity contribution in [3.8, 4) is 6.07 Å². The largest absolute Gasteiger partial charge is 0.198 e. The Bertz CT molecular complexity index is 269. The van der Waals surface area contributed by atoms with Crippen molar-refractivity contribution >= 4 is 0 Å². The third kappa shape index (κ3) is 0.853. The van der Waals surface area contributed by atoms with Gasteiger partial charge in [-0.2, -0.15) is 5.26 Å². The first-order valence-electron chi connectivity index (χ1n) is 5.79. The predicted molar refractivity (Wildman–Crippen MR) is 57.6 cm³/mol. The van der Waals surface area contributed by atoms with Gasteiger partial charge in [0.1, 0.15) is 0 Å². The normalized spacial score (nSPS) is 32.5. The third-order valence-corrected chi connectivity index (χ3v) is 5.91. The van der Waals surface area contributed by atoms with Crippen molar-refractivity contribution < 1.29 is 0 Å². The molecule has 1 heteroatoms. The average Bonchev–Trinajstić information content (AvgIpc) is 2.47. The van der Waals surface area contributed by atoms with Gasteiger partial charge in [0, 0.05) is 5.92 Å². The fraction of sp³-hybridized carbons (Fsp3) is 0.923. The van der Waals surface area contributed by atoms with Gasteiger partial charge < -0.3 is 0 Å². The minimum atomic E-state index is 0.341. The topological polar surface area (TPSA) is 23.8 Å². The van der Waals surface area contributed by atoms with E-state index in [1.54, 1.807) is 0 Å². The summed E-state index contributed by atoms with van der Waals surface area (Å²) in [7, 11) is 0. The van der Waals surface area contributed by atoms with E-state index in [-0.39, 0.29) is 0 Å². The molecular formula is C13H21N. The fourth-order valence-corrected chi connectivity index (χ4v) is 4.04. The van der Waals surface area contributed by atoms with Crippen molar-refractivity contribution in [1.82, 2.24) is 0 Å². The van der Waals surface area contributed by atoms with Gasteiger partial charge >= 0.3 is 0 Å². The second-order valence-electron chi connectivity index (χ2n) is 6.24. The molecule has 0 aliphatic heterocycles. The summed E-state index contributed by atoms with van der Waals surface area (Å²) in [4.78, 5) is 0. The Morgan fingerprint density at radius 2 is 1.43 bits per heavy atom. The summed E-state index contributed by atoms with van der Waals surface area (Å²) in [5.74, 6) is 0.341. The summed E-state index contributed by atoms with van der Waals surface area (Å²) in [6.07, 6.45) is 4.79. The molecule has 0 atom stereocenters. The van der Waals surface area contributed by atoms with Crippen molar-refractivity contribution in [1.29, 1.82) is 5.26 Å². The SMILES string of the molecule is CC1(C)C(C)(C)C12CCC(C#N)CC2. The third-order valence-electron chi connectivity index (χ3n) is 5.91. The van der Waals surface area contributed by atoms with Crippen molar-refractivity contribution in [3.63, 3.8) is 0 Å². The maximum atomic E-state index is 8.89. The summed E-state index contributed by atoms with van der Waals surface area (Å²) >= 11 is 0. The minimum Gasteiger partial charge on any atom is -0.198 e. The van der Waals surface area contributed by atoms with Gasteiger partial charge in [-0.15, -0.1) is 0 Å². The summed E-state index contributed by atoms with van der Waals surface area (Å²) in [6, 6.07) is 2.42. The van der Waals surface area contributed by atoms with E-state index in [1.165, 1.54) is 12.8 Å². The van der Waals surface area contributed by atoms with Crippen molar-refractivity contribution in [3.05, 3.63) is 0 Å². The van der Waals surface area contributed by atoms with Crippen LogP contribution in [0.3, 0.4) is 0 Å². The molecule has 0 bridgehead atoms. The number of hydrogen-bond acceptors (Lipinski definition) is 1. The standard InChI is InChI=1S/C13H21N/c1-11(2)12(3,4)13(11)7-5-10(9-14)6-8-13/h10H,5-8H2,1-4H3. The van der Waals surface area contributed by atoms with Crippen LogP contribution in [0.1, 0.15) is 53.4 Å². The van der Waals surface area contributed by atoms with Crippen LogP contribution in [0.15, 0.2) is 0 Å². The highest BCUT2D eigenvalue weighted by atomic mass is 14.8. The van der Waals surface area contributed by atoms with E-state index >= 15 is 0 Å². The van der Waals surface area contributed by atoms with Gasteiger partial charge in [0.15, 0.2) is 0 Å². The van der Waals surface area contributed by atoms with Gasteiger partial charge in [-0.3, -0.25) is 0 Å². The van der Waals surface area contributed by atoms with Crippen LogP contribution in [0.2, 0.25) is 0 Å². The summed E-state index contributed by atoms with van der Waals surface area (Å²) < 4.78 is 0. The molecule has 0 amide bonds. The van der Waals surface area contributed by atoms with E-state index < -0.39 is 0 Å². The number of nitrogens with zero attached hydrogens (tertiary/aromatic N) is 1. The van der Waals surface area contributed by atoms with Crippen molar-refractivity contribution in [2.45, 2.75) is 53.4 Å². The molecule has 0 heterocycles. The summed E-state index contributed by atoms with van der Waals surface area (Å²) in [5, 5.41) is 8.89. The molecule has 2 rings (SSSR count). The first-order valence-corrected chi connectivity index (χ1v) is 5.79. The molecule has 2 aliphatic rings. The van der Waals surface area contributed by atoms with Crippen LogP contribution in [-0.2, 0) is 0 Å². The lowest BCUT2D eigenvalue weighted by molar-refractivity contribution is 0.223. The van der Waals surface area contributed by atoms with E-state index in [0.29, 0.717) is 22.2 Å². The average molecular weight is 191 g/mol. The molecule has 14 heavy (non-hydrogen) atoms. The number of hydrogen-bond donors (Lipinski definition) is 0. The molecule has 0 radical (unpaired) electrons. The Morgan fingerprint density at radius 1 is 1.00 bits per heavy atom. The zero-order valence-corrected chi connectivity index (χ0v) is 9.85. The lowest BCUT2D eigenvalue weighted by Crippen LogP contribution is -2.20. The maximum Gasteiger partial charge on any atom is 0.0655 e. The Kier molecular flexibility index (Phi) is 1.82. The van der Waals surface area contributed by atoms with Crippen molar-refractivity contribution in [2.24, 2.45) is 22.2 Å². The van der Waals surface area contributed by atoms with E-state index in [2.05, 4.69) is 33.8 Å². The highest BCUT2D eigenvalue weighted by Crippen LogP contribution is 2.82. The van der Waals surface area contributed by atoms with Crippen LogP contribution in [0, 0.1) is 33.5 Å². The van der Waals surface area contributed by atoms with Gasteiger partial charge in [-0.05, 0) is 41.9 Å². The molecule has 0 unspecified atom stereocenters. The second-order valence-corrected chi connectivity index (χ2v) is 6.24. The van der Waals surface area contributed by atoms with Gasteiger partial charge in [0.25, 0.3) is 0 Å². The maximum absolute atomic E-state index is 8.89. The molecule has 0 saturated heterocycles. The number of rotatable bonds is 0. The Labute approximate surface area is 87.5 Å². The molecule has 1 nitrogen and oxygen atoms in total. The molecule has 2 fully saturated rings. The summed E-state index contributed by atoms with van der Waals surface area (Å²) in [6.45, 7) is 9.61. The highest BCUT2D eigenvalue weighted by molar-refractivity contribution is 5.24. The van der Waals surface area contributed by atoms with E-state index in [4.69, 9.17) is 5.26 Å². The molecular weight excluding hydrogens is 170 g/mol. The quantitative estimate of drug-likeness (QED) is 0.572. The monoisotopic (exact) mass is 191 g/mol. The number of nitriles is 1. The molecule has 2 aliphatic carbocycles. The molecule has 0 aromatic heterocycles. The lowest BCUT2D eigenvalue weighted by Gasteiger charge is -2.29. The van der Waals surface area contributed by atoms with Gasteiger partial charge in [0.2, 0.25) is 0 Å². The van der Waals surface area contributed by atoms with E-state index in [9.17, 15) is 0 Å². The van der Waals surface area contributed by atoms with Gasteiger partial charge in [-0.1, -0.05) is 27.7 Å². The zero-order chi connectivity index (χ0) is 10.6. The smallest absolute Gasteiger partial charge is 0.0655 e. The van der Waals surface area contributed by atoms with Crippen molar-refractivity contribution in [2.75, 3.05) is 0 Å². The Hall–Kier alpha value is -0.510. The fourth-order valence-electron chi connectivity index (χ4n) is 4.04.